The summed E-state index contributed by atoms with van der Waals surface area (Å²) in [7, 11) is 3.64. The highest BCUT2D eigenvalue weighted by Gasteiger charge is 2.61. The van der Waals surface area contributed by atoms with Crippen LogP contribution in [-0.4, -0.2) is 39.6 Å². The Labute approximate surface area is 132 Å². The molecule has 0 unspecified atom stereocenters. The molecule has 1 rings (SSSR count). The van der Waals surface area contributed by atoms with E-state index >= 15 is 0 Å². The summed E-state index contributed by atoms with van der Waals surface area (Å²) in [6.07, 6.45) is -11.6. The lowest BCUT2D eigenvalue weighted by Crippen LogP contribution is -2.45. The van der Waals surface area contributed by atoms with E-state index in [4.69, 9.17) is 14.2 Å². The van der Waals surface area contributed by atoms with E-state index in [1.54, 1.807) is 5.32 Å². The Balaban J connectivity index is 3.22. The SMILES string of the molecule is COc1cc(NC(=O)C(C(F)(F)F)C(F)(F)F)cc(OC)c1OC. The van der Waals surface area contributed by atoms with Gasteiger partial charge in [-0.2, -0.15) is 26.3 Å². The quantitative estimate of drug-likeness (QED) is 0.817. The third kappa shape index (κ3) is 4.36. The topological polar surface area (TPSA) is 56.8 Å². The summed E-state index contributed by atoms with van der Waals surface area (Å²) in [5, 5.41) is 1.56. The predicted octanol–water partition coefficient (Wildman–Crippen LogP) is 3.39. The van der Waals surface area contributed by atoms with Gasteiger partial charge < -0.3 is 19.5 Å². The number of hydrogen-bond donors (Lipinski definition) is 1. The lowest BCUT2D eigenvalue weighted by atomic mass is 10.1. The zero-order valence-electron chi connectivity index (χ0n) is 12.6. The lowest BCUT2D eigenvalue weighted by molar-refractivity contribution is -0.272. The molecule has 0 atom stereocenters. The van der Waals surface area contributed by atoms with Gasteiger partial charge in [0.25, 0.3) is 0 Å². The van der Waals surface area contributed by atoms with Gasteiger partial charge in [0, 0.05) is 17.8 Å². The van der Waals surface area contributed by atoms with Gasteiger partial charge in [0.2, 0.25) is 17.6 Å². The van der Waals surface area contributed by atoms with Crippen molar-refractivity contribution >= 4 is 11.6 Å². The van der Waals surface area contributed by atoms with E-state index < -0.39 is 24.2 Å². The lowest BCUT2D eigenvalue weighted by Gasteiger charge is -2.22. The number of methoxy groups -OCH3 is 3. The van der Waals surface area contributed by atoms with E-state index in [0.717, 1.165) is 12.1 Å². The number of rotatable bonds is 5. The van der Waals surface area contributed by atoms with E-state index in [-0.39, 0.29) is 22.9 Å². The molecule has 1 N–H and O–H groups in total. The average Bonchev–Trinajstić information content (AvgIpc) is 2.42. The molecule has 0 radical (unpaired) electrons. The van der Waals surface area contributed by atoms with E-state index in [1.807, 2.05) is 0 Å². The number of carbonyl (C=O) groups is 1. The Bertz CT molecular complexity index is 560. The Morgan fingerprint density at radius 3 is 1.62 bits per heavy atom. The number of carbonyl (C=O) groups excluding carboxylic acids is 1. The van der Waals surface area contributed by atoms with Crippen LogP contribution in [0.3, 0.4) is 0 Å². The molecule has 1 aromatic carbocycles. The van der Waals surface area contributed by atoms with Gasteiger partial charge in [-0.3, -0.25) is 4.79 Å². The van der Waals surface area contributed by atoms with Crippen molar-refractivity contribution in [2.75, 3.05) is 26.6 Å². The van der Waals surface area contributed by atoms with E-state index in [2.05, 4.69) is 0 Å². The summed E-state index contributed by atoms with van der Waals surface area (Å²) in [6, 6.07) is 2.01. The number of hydrogen-bond acceptors (Lipinski definition) is 4. The van der Waals surface area contributed by atoms with Gasteiger partial charge in [0.1, 0.15) is 0 Å². The van der Waals surface area contributed by atoms with Gasteiger partial charge in [-0.25, -0.2) is 0 Å². The molecule has 0 aliphatic carbocycles. The number of benzene rings is 1. The molecular formula is C13H13F6NO4. The Morgan fingerprint density at radius 1 is 0.917 bits per heavy atom. The van der Waals surface area contributed by atoms with Crippen LogP contribution in [-0.2, 0) is 4.79 Å². The number of nitrogens with one attached hydrogen (secondary N) is 1. The van der Waals surface area contributed by atoms with Crippen LogP contribution in [0.1, 0.15) is 0 Å². The molecule has 0 fully saturated rings. The van der Waals surface area contributed by atoms with Crippen LogP contribution in [0.15, 0.2) is 12.1 Å². The standard InChI is InChI=1S/C13H13F6NO4/c1-22-7-4-6(5-8(23-2)9(7)24-3)20-11(21)10(12(14,15)16)13(17,18)19/h4-5,10H,1-3H3,(H,20,21). The van der Waals surface area contributed by atoms with Crippen LogP contribution in [0, 0.1) is 5.92 Å². The Kier molecular flexibility index (Phi) is 5.80. The molecule has 0 bridgehead atoms. The number of ether oxygens (including phenoxy) is 3. The summed E-state index contributed by atoms with van der Waals surface area (Å²) in [6.45, 7) is 0. The molecule has 0 saturated carbocycles. The monoisotopic (exact) mass is 361 g/mol. The molecule has 1 amide bonds. The molecule has 0 spiro atoms. The highest BCUT2D eigenvalue weighted by atomic mass is 19.4. The van der Waals surface area contributed by atoms with Gasteiger partial charge in [0.05, 0.1) is 21.3 Å². The number of halogens is 6. The van der Waals surface area contributed by atoms with E-state index in [1.165, 1.54) is 21.3 Å². The highest BCUT2D eigenvalue weighted by Crippen LogP contribution is 2.42. The first-order chi connectivity index (χ1) is 11.0. The molecule has 24 heavy (non-hydrogen) atoms. The molecular weight excluding hydrogens is 348 g/mol. The third-order valence-corrected chi connectivity index (χ3v) is 2.85. The number of anilines is 1. The van der Waals surface area contributed by atoms with Crippen LogP contribution in [0.25, 0.3) is 0 Å². The van der Waals surface area contributed by atoms with Crippen molar-refractivity contribution in [2.45, 2.75) is 12.4 Å². The first kappa shape index (κ1) is 19.7. The van der Waals surface area contributed by atoms with Gasteiger partial charge in [-0.05, 0) is 0 Å². The molecule has 5 nitrogen and oxygen atoms in total. The second kappa shape index (κ2) is 7.05. The van der Waals surface area contributed by atoms with Gasteiger partial charge >= 0.3 is 12.4 Å². The van der Waals surface area contributed by atoms with Crippen molar-refractivity contribution in [2.24, 2.45) is 5.92 Å². The second-order valence-corrected chi connectivity index (χ2v) is 4.42. The number of amides is 1. The molecule has 0 saturated heterocycles. The van der Waals surface area contributed by atoms with E-state index in [0.29, 0.717) is 0 Å². The average molecular weight is 361 g/mol. The van der Waals surface area contributed by atoms with Gasteiger partial charge in [0.15, 0.2) is 11.5 Å². The van der Waals surface area contributed by atoms with Crippen LogP contribution >= 0.6 is 0 Å². The Hall–Kier alpha value is -2.33. The molecule has 0 aliphatic rings. The number of alkyl halides is 6. The minimum atomic E-state index is -5.79. The summed E-state index contributed by atoms with van der Waals surface area (Å²) in [5.41, 5.74) is -0.381. The molecule has 1 aromatic rings. The highest BCUT2D eigenvalue weighted by molar-refractivity contribution is 5.94. The van der Waals surface area contributed by atoms with E-state index in [9.17, 15) is 31.1 Å². The van der Waals surface area contributed by atoms with Crippen molar-refractivity contribution in [1.82, 2.24) is 0 Å². The summed E-state index contributed by atoms with van der Waals surface area (Å²) in [5.74, 6) is -6.49. The third-order valence-electron chi connectivity index (χ3n) is 2.85. The first-order valence-corrected chi connectivity index (χ1v) is 6.20. The minimum Gasteiger partial charge on any atom is -0.493 e. The normalized spacial score (nSPS) is 12.1. The van der Waals surface area contributed by atoms with Crippen molar-refractivity contribution in [3.63, 3.8) is 0 Å². The molecule has 0 aromatic heterocycles. The summed E-state index contributed by atoms with van der Waals surface area (Å²) in [4.78, 5) is 11.5. The van der Waals surface area contributed by atoms with Crippen LogP contribution < -0.4 is 19.5 Å². The molecule has 136 valence electrons. The maximum atomic E-state index is 12.5. The molecule has 0 heterocycles. The van der Waals surface area contributed by atoms with Crippen molar-refractivity contribution in [1.29, 1.82) is 0 Å². The second-order valence-electron chi connectivity index (χ2n) is 4.42. The fourth-order valence-corrected chi connectivity index (χ4v) is 1.85. The summed E-state index contributed by atoms with van der Waals surface area (Å²) < 4.78 is 89.9. The smallest absolute Gasteiger partial charge is 0.409 e. The van der Waals surface area contributed by atoms with Gasteiger partial charge in [-0.15, -0.1) is 0 Å². The van der Waals surface area contributed by atoms with Gasteiger partial charge in [-0.1, -0.05) is 0 Å². The first-order valence-electron chi connectivity index (χ1n) is 6.20. The van der Waals surface area contributed by atoms with Crippen LogP contribution in [0.4, 0.5) is 32.0 Å². The zero-order valence-corrected chi connectivity index (χ0v) is 12.6. The van der Waals surface area contributed by atoms with Crippen molar-refractivity contribution in [3.8, 4) is 17.2 Å². The summed E-state index contributed by atoms with van der Waals surface area (Å²) >= 11 is 0. The minimum absolute atomic E-state index is 0.0530. The maximum absolute atomic E-state index is 12.5. The van der Waals surface area contributed by atoms with Crippen LogP contribution in [0.2, 0.25) is 0 Å². The largest absolute Gasteiger partial charge is 0.493 e. The Morgan fingerprint density at radius 2 is 1.33 bits per heavy atom. The molecule has 0 aliphatic heterocycles. The molecule has 11 heteroatoms. The van der Waals surface area contributed by atoms with Crippen LogP contribution in [0.5, 0.6) is 17.2 Å². The predicted molar refractivity (Wildman–Crippen MR) is 70.3 cm³/mol. The fourth-order valence-electron chi connectivity index (χ4n) is 1.85. The van der Waals surface area contributed by atoms with Crippen molar-refractivity contribution < 1.29 is 45.3 Å². The maximum Gasteiger partial charge on any atom is 0.409 e. The fraction of sp³-hybridized carbons (Fsp3) is 0.462. The van der Waals surface area contributed by atoms with Crippen molar-refractivity contribution in [3.05, 3.63) is 12.1 Å². The zero-order chi connectivity index (χ0) is 18.7.